The summed E-state index contributed by atoms with van der Waals surface area (Å²) in [7, 11) is 0. The number of rotatable bonds is 4. The molecule has 1 rings (SSSR count). The molecule has 0 aliphatic carbocycles. The molecule has 18 heavy (non-hydrogen) atoms. The molecular weight excluding hydrogens is 226 g/mol. The Morgan fingerprint density at radius 2 is 1.89 bits per heavy atom. The fourth-order valence-corrected chi connectivity index (χ4v) is 1.47. The molecule has 100 valence electrons. The Morgan fingerprint density at radius 1 is 1.28 bits per heavy atom. The number of ether oxygens (including phenoxy) is 1. The predicted molar refractivity (Wildman–Crippen MR) is 74.0 cm³/mol. The Hall–Kier alpha value is -1.51. The van der Waals surface area contributed by atoms with Crippen LogP contribution in [0.25, 0.3) is 0 Å². The molecule has 0 spiro atoms. The van der Waals surface area contributed by atoms with Gasteiger partial charge in [0.2, 0.25) is 0 Å². The molecule has 0 heterocycles. The Bertz CT molecular complexity index is 405. The Morgan fingerprint density at radius 3 is 2.44 bits per heavy atom. The summed E-state index contributed by atoms with van der Waals surface area (Å²) in [5.41, 5.74) is 0.280. The molecule has 0 aliphatic heterocycles. The first-order valence-corrected chi connectivity index (χ1v) is 6.36. The largest absolute Gasteiger partial charge is 0.487 e. The van der Waals surface area contributed by atoms with Gasteiger partial charge in [0, 0.05) is 6.54 Å². The Kier molecular flexibility index (Phi) is 4.76. The number of hydrogen-bond donors (Lipinski definition) is 1. The van der Waals surface area contributed by atoms with Gasteiger partial charge in [0.25, 0.3) is 5.91 Å². The third kappa shape index (κ3) is 4.78. The third-order valence-corrected chi connectivity index (χ3v) is 2.22. The van der Waals surface area contributed by atoms with Crippen molar-refractivity contribution in [3.63, 3.8) is 0 Å². The van der Waals surface area contributed by atoms with Crippen molar-refractivity contribution in [2.45, 2.75) is 40.2 Å². The van der Waals surface area contributed by atoms with Gasteiger partial charge in [-0.2, -0.15) is 0 Å². The molecule has 1 aromatic rings. The van der Waals surface area contributed by atoms with E-state index in [1.54, 1.807) is 6.07 Å². The first-order valence-electron chi connectivity index (χ1n) is 6.36. The van der Waals surface area contributed by atoms with Gasteiger partial charge in [0.15, 0.2) is 0 Å². The molecular formula is C15H23NO2. The monoisotopic (exact) mass is 249 g/mol. The van der Waals surface area contributed by atoms with Crippen LogP contribution in [0.2, 0.25) is 0 Å². The van der Waals surface area contributed by atoms with E-state index in [0.717, 1.165) is 0 Å². The van der Waals surface area contributed by atoms with Crippen LogP contribution in [-0.4, -0.2) is 18.1 Å². The van der Waals surface area contributed by atoms with E-state index in [1.807, 2.05) is 39.0 Å². The second-order valence-electron chi connectivity index (χ2n) is 5.81. The van der Waals surface area contributed by atoms with Crippen molar-refractivity contribution in [1.29, 1.82) is 0 Å². The molecule has 1 amide bonds. The van der Waals surface area contributed by atoms with E-state index in [1.165, 1.54) is 0 Å². The van der Waals surface area contributed by atoms with Crippen molar-refractivity contribution in [2.24, 2.45) is 5.92 Å². The smallest absolute Gasteiger partial charge is 0.255 e. The van der Waals surface area contributed by atoms with Crippen LogP contribution in [-0.2, 0) is 0 Å². The average Bonchev–Trinajstić information content (AvgIpc) is 2.24. The van der Waals surface area contributed by atoms with Gasteiger partial charge in [-0.3, -0.25) is 4.79 Å². The first kappa shape index (κ1) is 14.6. The van der Waals surface area contributed by atoms with E-state index in [4.69, 9.17) is 4.74 Å². The number of benzene rings is 1. The summed E-state index contributed by atoms with van der Waals surface area (Å²) in [6.07, 6.45) is 0. The number of carbonyl (C=O) groups excluding carboxylic acids is 1. The summed E-state index contributed by atoms with van der Waals surface area (Å²) in [6, 6.07) is 7.34. The lowest BCUT2D eigenvalue weighted by Crippen LogP contribution is -2.29. The quantitative estimate of drug-likeness (QED) is 0.889. The lowest BCUT2D eigenvalue weighted by Gasteiger charge is -2.23. The molecule has 3 heteroatoms. The van der Waals surface area contributed by atoms with Crippen LogP contribution in [0.5, 0.6) is 5.75 Å². The topological polar surface area (TPSA) is 38.3 Å². The number of nitrogens with one attached hydrogen (secondary N) is 1. The maximum atomic E-state index is 12.1. The Labute approximate surface area is 110 Å². The van der Waals surface area contributed by atoms with E-state index in [2.05, 4.69) is 19.2 Å². The molecule has 0 saturated carbocycles. The second kappa shape index (κ2) is 5.89. The van der Waals surface area contributed by atoms with E-state index in [-0.39, 0.29) is 11.5 Å². The fraction of sp³-hybridized carbons (Fsp3) is 0.533. The highest BCUT2D eigenvalue weighted by Crippen LogP contribution is 2.22. The van der Waals surface area contributed by atoms with Crippen LogP contribution in [0.3, 0.4) is 0 Å². The molecule has 0 radical (unpaired) electrons. The molecule has 0 unspecified atom stereocenters. The first-order chi connectivity index (χ1) is 8.29. The van der Waals surface area contributed by atoms with Crippen molar-refractivity contribution in [1.82, 2.24) is 5.32 Å². The Balaban J connectivity index is 2.84. The van der Waals surface area contributed by atoms with Crippen molar-refractivity contribution in [3.05, 3.63) is 29.8 Å². The highest BCUT2D eigenvalue weighted by atomic mass is 16.5. The van der Waals surface area contributed by atoms with Crippen molar-refractivity contribution >= 4 is 5.91 Å². The summed E-state index contributed by atoms with van der Waals surface area (Å²) in [5.74, 6) is 0.986. The highest BCUT2D eigenvalue weighted by molar-refractivity contribution is 5.96. The minimum atomic E-state index is -0.311. The number of hydrogen-bond acceptors (Lipinski definition) is 2. The van der Waals surface area contributed by atoms with Crippen molar-refractivity contribution in [3.8, 4) is 5.75 Å². The maximum Gasteiger partial charge on any atom is 0.255 e. The van der Waals surface area contributed by atoms with E-state index in [0.29, 0.717) is 23.8 Å². The van der Waals surface area contributed by atoms with Gasteiger partial charge in [-0.25, -0.2) is 0 Å². The van der Waals surface area contributed by atoms with E-state index in [9.17, 15) is 4.79 Å². The summed E-state index contributed by atoms with van der Waals surface area (Å²) >= 11 is 0. The lowest BCUT2D eigenvalue weighted by molar-refractivity contribution is 0.0928. The van der Waals surface area contributed by atoms with Gasteiger partial charge in [-0.1, -0.05) is 26.0 Å². The summed E-state index contributed by atoms with van der Waals surface area (Å²) in [5, 5.41) is 2.91. The van der Waals surface area contributed by atoms with Crippen molar-refractivity contribution in [2.75, 3.05) is 6.54 Å². The zero-order valence-electron chi connectivity index (χ0n) is 11.9. The highest BCUT2D eigenvalue weighted by Gasteiger charge is 2.17. The second-order valence-corrected chi connectivity index (χ2v) is 5.81. The van der Waals surface area contributed by atoms with Gasteiger partial charge in [0.05, 0.1) is 5.56 Å². The molecule has 0 atom stereocenters. The van der Waals surface area contributed by atoms with Crippen LogP contribution >= 0.6 is 0 Å². The normalized spacial score (nSPS) is 11.4. The number of para-hydroxylation sites is 1. The fourth-order valence-electron chi connectivity index (χ4n) is 1.47. The zero-order valence-corrected chi connectivity index (χ0v) is 11.9. The summed E-state index contributed by atoms with van der Waals surface area (Å²) in [6.45, 7) is 10.7. The van der Waals surface area contributed by atoms with E-state index < -0.39 is 0 Å². The van der Waals surface area contributed by atoms with Crippen LogP contribution < -0.4 is 10.1 Å². The van der Waals surface area contributed by atoms with Gasteiger partial charge >= 0.3 is 0 Å². The minimum absolute atomic E-state index is 0.0800. The number of carbonyl (C=O) groups is 1. The molecule has 0 fully saturated rings. The molecule has 1 N–H and O–H groups in total. The molecule has 1 aromatic carbocycles. The molecule has 0 bridgehead atoms. The molecule has 0 aromatic heterocycles. The summed E-state index contributed by atoms with van der Waals surface area (Å²) in [4.78, 5) is 12.1. The molecule has 0 aliphatic rings. The summed E-state index contributed by atoms with van der Waals surface area (Å²) < 4.78 is 5.80. The zero-order chi connectivity index (χ0) is 13.8. The third-order valence-electron chi connectivity index (χ3n) is 2.22. The van der Waals surface area contributed by atoms with Gasteiger partial charge in [-0.05, 0) is 38.8 Å². The van der Waals surface area contributed by atoms with Crippen LogP contribution in [0.1, 0.15) is 45.0 Å². The predicted octanol–water partition coefficient (Wildman–Crippen LogP) is 3.25. The van der Waals surface area contributed by atoms with Gasteiger partial charge in [-0.15, -0.1) is 0 Å². The van der Waals surface area contributed by atoms with Crippen LogP contribution in [0.4, 0.5) is 0 Å². The molecule has 3 nitrogen and oxygen atoms in total. The van der Waals surface area contributed by atoms with Crippen LogP contribution in [0, 0.1) is 5.92 Å². The SMILES string of the molecule is CC(C)CNC(=O)c1ccccc1OC(C)(C)C. The standard InChI is InChI=1S/C15H23NO2/c1-11(2)10-16-14(17)12-8-6-7-9-13(12)18-15(3,4)5/h6-9,11H,10H2,1-5H3,(H,16,17). The average molecular weight is 249 g/mol. The lowest BCUT2D eigenvalue weighted by atomic mass is 10.1. The minimum Gasteiger partial charge on any atom is -0.487 e. The number of amides is 1. The van der Waals surface area contributed by atoms with Crippen LogP contribution in [0.15, 0.2) is 24.3 Å². The maximum absolute atomic E-state index is 12.1. The van der Waals surface area contributed by atoms with Crippen molar-refractivity contribution < 1.29 is 9.53 Å². The van der Waals surface area contributed by atoms with Gasteiger partial charge in [0.1, 0.15) is 11.4 Å². The van der Waals surface area contributed by atoms with E-state index >= 15 is 0 Å². The van der Waals surface area contributed by atoms with Gasteiger partial charge < -0.3 is 10.1 Å². The molecule has 0 saturated heterocycles.